The Morgan fingerprint density at radius 1 is 0.970 bits per heavy atom. The van der Waals surface area contributed by atoms with E-state index in [1.165, 1.54) is 32.1 Å². The molecule has 1 aliphatic rings. The van der Waals surface area contributed by atoms with Crippen molar-refractivity contribution in [2.75, 3.05) is 5.32 Å². The van der Waals surface area contributed by atoms with E-state index in [4.69, 9.17) is 4.98 Å². The van der Waals surface area contributed by atoms with E-state index in [9.17, 15) is 0 Å². The van der Waals surface area contributed by atoms with Crippen molar-refractivity contribution in [2.45, 2.75) is 32.1 Å². The van der Waals surface area contributed by atoms with Crippen LogP contribution in [0.5, 0.6) is 0 Å². The van der Waals surface area contributed by atoms with Crippen molar-refractivity contribution in [1.29, 1.82) is 0 Å². The molecule has 4 aromatic heterocycles. The Morgan fingerprint density at radius 3 is 2.73 bits per heavy atom. The number of anilines is 1. The summed E-state index contributed by atoms with van der Waals surface area (Å²) < 4.78 is 0. The van der Waals surface area contributed by atoms with Crippen LogP contribution in [0.4, 0.5) is 5.69 Å². The lowest BCUT2D eigenvalue weighted by molar-refractivity contribution is 0.405. The van der Waals surface area contributed by atoms with E-state index >= 15 is 0 Å². The van der Waals surface area contributed by atoms with Gasteiger partial charge in [-0.2, -0.15) is 5.10 Å². The molecule has 33 heavy (non-hydrogen) atoms. The molecule has 1 aromatic carbocycles. The van der Waals surface area contributed by atoms with Crippen molar-refractivity contribution in [3.05, 3.63) is 67.1 Å². The molecule has 5 aromatic rings. The standard InChI is InChI=1S/C26H25N7/c1-16(17-7-3-2-4-8-17)28-19-13-18(14-27-15-19)20-11-12-23-24(29-20)25(33-32-23)26-30-21-9-5-6-10-22(21)31-26/h5-6,9-15,17,28H,1-4,7-8H2,(H,30,31)(H,32,33). The lowest BCUT2D eigenvalue weighted by Gasteiger charge is -2.24. The fraction of sp³-hybridized carbons (Fsp3) is 0.231. The van der Waals surface area contributed by atoms with E-state index in [1.807, 2.05) is 48.8 Å². The van der Waals surface area contributed by atoms with Crippen LogP contribution >= 0.6 is 0 Å². The summed E-state index contributed by atoms with van der Waals surface area (Å²) in [7, 11) is 0. The average molecular weight is 436 g/mol. The quantitative estimate of drug-likeness (QED) is 0.311. The number of para-hydroxylation sites is 2. The zero-order chi connectivity index (χ0) is 22.2. The third-order valence-corrected chi connectivity index (χ3v) is 6.46. The maximum Gasteiger partial charge on any atom is 0.161 e. The first kappa shape index (κ1) is 19.7. The number of hydrogen-bond acceptors (Lipinski definition) is 5. The van der Waals surface area contributed by atoms with Gasteiger partial charge in [0.25, 0.3) is 0 Å². The first-order chi connectivity index (χ1) is 16.2. The summed E-state index contributed by atoms with van der Waals surface area (Å²) in [4.78, 5) is 17.4. The SMILES string of the molecule is C=C(Nc1cncc(-c2ccc3[nH]nc(-c4nc5ccccc5[nH]4)c3n2)c1)C1CCCCC1. The van der Waals surface area contributed by atoms with E-state index in [0.29, 0.717) is 17.4 Å². The molecule has 164 valence electrons. The molecule has 3 N–H and O–H groups in total. The number of imidazole rings is 1. The van der Waals surface area contributed by atoms with Crippen LogP contribution in [-0.2, 0) is 0 Å². The van der Waals surface area contributed by atoms with Gasteiger partial charge >= 0.3 is 0 Å². The molecular formula is C26H25N7. The van der Waals surface area contributed by atoms with Crippen LogP contribution in [0.2, 0.25) is 0 Å². The third-order valence-electron chi connectivity index (χ3n) is 6.46. The van der Waals surface area contributed by atoms with Crippen LogP contribution in [0.3, 0.4) is 0 Å². The van der Waals surface area contributed by atoms with Crippen LogP contribution in [0.15, 0.2) is 67.1 Å². The Morgan fingerprint density at radius 2 is 1.85 bits per heavy atom. The lowest BCUT2D eigenvalue weighted by Crippen LogP contribution is -2.14. The van der Waals surface area contributed by atoms with Gasteiger partial charge in [0.15, 0.2) is 11.5 Å². The largest absolute Gasteiger partial charge is 0.358 e. The molecule has 1 aliphatic carbocycles. The molecule has 0 radical (unpaired) electrons. The van der Waals surface area contributed by atoms with Crippen LogP contribution in [0.1, 0.15) is 32.1 Å². The van der Waals surface area contributed by atoms with Crippen molar-refractivity contribution < 1.29 is 0 Å². The Labute approximate surface area is 191 Å². The van der Waals surface area contributed by atoms with Crippen LogP contribution < -0.4 is 5.32 Å². The van der Waals surface area contributed by atoms with Crippen LogP contribution in [-0.4, -0.2) is 30.1 Å². The van der Waals surface area contributed by atoms with E-state index in [1.54, 1.807) is 0 Å². The maximum atomic E-state index is 4.92. The number of benzene rings is 1. The van der Waals surface area contributed by atoms with Crippen molar-refractivity contribution >= 4 is 27.8 Å². The summed E-state index contributed by atoms with van der Waals surface area (Å²) in [6, 6.07) is 14.0. The van der Waals surface area contributed by atoms with Gasteiger partial charge in [-0.05, 0) is 49.1 Å². The number of aromatic amines is 2. The Bertz CT molecular complexity index is 1420. The Kier molecular flexibility index (Phi) is 4.87. The Hall–Kier alpha value is -4.00. The number of rotatable bonds is 5. The number of nitrogens with one attached hydrogen (secondary N) is 3. The molecule has 7 nitrogen and oxygen atoms in total. The number of allylic oxidation sites excluding steroid dienone is 1. The minimum atomic E-state index is 0.536. The number of hydrogen-bond donors (Lipinski definition) is 3. The molecule has 0 unspecified atom stereocenters. The fourth-order valence-electron chi connectivity index (χ4n) is 4.68. The van der Waals surface area contributed by atoms with Gasteiger partial charge in [0.05, 0.1) is 34.1 Å². The first-order valence-electron chi connectivity index (χ1n) is 11.5. The summed E-state index contributed by atoms with van der Waals surface area (Å²) in [6.45, 7) is 4.30. The van der Waals surface area contributed by atoms with Crippen molar-refractivity contribution in [3.8, 4) is 22.8 Å². The third kappa shape index (κ3) is 3.75. The summed E-state index contributed by atoms with van der Waals surface area (Å²) >= 11 is 0. The van der Waals surface area contributed by atoms with E-state index in [0.717, 1.165) is 44.7 Å². The number of H-pyrrole nitrogens is 2. The molecule has 1 saturated carbocycles. The highest BCUT2D eigenvalue weighted by Crippen LogP contribution is 2.31. The normalized spacial score (nSPS) is 14.7. The van der Waals surface area contributed by atoms with Crippen molar-refractivity contribution in [2.24, 2.45) is 5.92 Å². The van der Waals surface area contributed by atoms with E-state index < -0.39 is 0 Å². The minimum absolute atomic E-state index is 0.536. The minimum Gasteiger partial charge on any atom is -0.358 e. The molecule has 0 bridgehead atoms. The van der Waals surface area contributed by atoms with Crippen molar-refractivity contribution in [1.82, 2.24) is 30.1 Å². The van der Waals surface area contributed by atoms with Crippen LogP contribution in [0.25, 0.3) is 44.8 Å². The number of pyridine rings is 2. The van der Waals surface area contributed by atoms with E-state index in [-0.39, 0.29) is 0 Å². The molecule has 0 amide bonds. The topological polar surface area (TPSA) is 95.2 Å². The van der Waals surface area contributed by atoms with Gasteiger partial charge in [0.2, 0.25) is 0 Å². The van der Waals surface area contributed by atoms with Crippen LogP contribution in [0, 0.1) is 5.92 Å². The monoisotopic (exact) mass is 435 g/mol. The zero-order valence-electron chi connectivity index (χ0n) is 18.3. The predicted molar refractivity (Wildman–Crippen MR) is 132 cm³/mol. The van der Waals surface area contributed by atoms with Gasteiger partial charge in [0.1, 0.15) is 5.52 Å². The smallest absolute Gasteiger partial charge is 0.161 e. The first-order valence-corrected chi connectivity index (χ1v) is 11.5. The van der Waals surface area contributed by atoms with Gasteiger partial charge in [-0.15, -0.1) is 0 Å². The van der Waals surface area contributed by atoms with Gasteiger partial charge in [-0.1, -0.05) is 38.0 Å². The van der Waals surface area contributed by atoms with Crippen molar-refractivity contribution in [3.63, 3.8) is 0 Å². The molecule has 7 heteroatoms. The average Bonchev–Trinajstić information content (AvgIpc) is 3.48. The highest BCUT2D eigenvalue weighted by molar-refractivity contribution is 5.91. The molecule has 4 heterocycles. The summed E-state index contributed by atoms with van der Waals surface area (Å²) in [6.07, 6.45) is 10.00. The van der Waals surface area contributed by atoms with Gasteiger partial charge < -0.3 is 10.3 Å². The molecule has 0 saturated heterocycles. The summed E-state index contributed by atoms with van der Waals surface area (Å²) in [5.74, 6) is 1.23. The second-order valence-electron chi connectivity index (χ2n) is 8.71. The second-order valence-corrected chi connectivity index (χ2v) is 8.71. The molecule has 0 spiro atoms. The van der Waals surface area contributed by atoms with Gasteiger partial charge in [0, 0.05) is 17.5 Å². The summed E-state index contributed by atoms with van der Waals surface area (Å²) in [5.41, 5.74) is 8.01. The highest BCUT2D eigenvalue weighted by Gasteiger charge is 2.17. The predicted octanol–water partition coefficient (Wildman–Crippen LogP) is 6.07. The lowest BCUT2D eigenvalue weighted by atomic mass is 9.87. The van der Waals surface area contributed by atoms with Gasteiger partial charge in [-0.3, -0.25) is 10.1 Å². The van der Waals surface area contributed by atoms with Gasteiger partial charge in [-0.25, -0.2) is 9.97 Å². The Balaban J connectivity index is 1.32. The van der Waals surface area contributed by atoms with E-state index in [2.05, 4.69) is 43.1 Å². The maximum absolute atomic E-state index is 4.92. The zero-order valence-corrected chi connectivity index (χ0v) is 18.3. The highest BCUT2D eigenvalue weighted by atomic mass is 15.1. The molecular weight excluding hydrogens is 410 g/mol. The number of fused-ring (bicyclic) bond motifs is 2. The molecule has 1 fully saturated rings. The molecule has 0 aliphatic heterocycles. The summed E-state index contributed by atoms with van der Waals surface area (Å²) in [5, 5.41) is 11.0. The number of aromatic nitrogens is 6. The number of nitrogens with zero attached hydrogens (tertiary/aromatic N) is 4. The fourth-order valence-corrected chi connectivity index (χ4v) is 4.68. The second kappa shape index (κ2) is 8.16. The molecule has 0 atom stereocenters. The molecule has 6 rings (SSSR count).